The molecule has 0 unspecified atom stereocenters. The number of rotatable bonds is 3. The van der Waals surface area contributed by atoms with E-state index in [2.05, 4.69) is 14.5 Å². The molecule has 1 aromatic rings. The highest BCUT2D eigenvalue weighted by Crippen LogP contribution is 2.30. The predicted octanol–water partition coefficient (Wildman–Crippen LogP) is 0.808. The van der Waals surface area contributed by atoms with Crippen molar-refractivity contribution in [2.45, 2.75) is 12.9 Å². The molecule has 0 aliphatic carbocycles. The van der Waals surface area contributed by atoms with Gasteiger partial charge in [-0.3, -0.25) is 0 Å². The van der Waals surface area contributed by atoms with Crippen LogP contribution in [0.25, 0.3) is 0 Å². The average Bonchev–Trinajstić information content (AvgIpc) is 2.28. The molecule has 1 heterocycles. The topological polar surface area (TPSA) is 100 Å². The van der Waals surface area contributed by atoms with E-state index in [0.29, 0.717) is 0 Å². The second-order valence-electron chi connectivity index (χ2n) is 3.10. The smallest absolute Gasteiger partial charge is 0.465 e. The molecule has 9 heteroatoms. The molecule has 0 aromatic carbocycles. The van der Waals surface area contributed by atoms with Crippen LogP contribution >= 0.6 is 0 Å². The fourth-order valence-corrected chi connectivity index (χ4v) is 1.29. The average molecular weight is 265 g/mol. The van der Waals surface area contributed by atoms with E-state index < -0.39 is 18.1 Å². The van der Waals surface area contributed by atoms with Crippen molar-refractivity contribution in [3.8, 4) is 5.75 Å². The maximum Gasteiger partial charge on any atom is 0.573 e. The van der Waals surface area contributed by atoms with E-state index >= 15 is 0 Å². The van der Waals surface area contributed by atoms with Gasteiger partial charge in [-0.25, -0.2) is 9.78 Å². The van der Waals surface area contributed by atoms with Gasteiger partial charge in [0.2, 0.25) is 0 Å². The van der Waals surface area contributed by atoms with Crippen LogP contribution in [-0.2, 0) is 11.3 Å². The first-order valence-corrected chi connectivity index (χ1v) is 4.61. The number of nitrogens with two attached hydrogens (primary N) is 2. The zero-order chi connectivity index (χ0) is 13.9. The maximum absolute atomic E-state index is 12.1. The lowest BCUT2D eigenvalue weighted by atomic mass is 10.1. The number of aromatic nitrogens is 1. The van der Waals surface area contributed by atoms with Crippen molar-refractivity contribution in [1.29, 1.82) is 0 Å². The van der Waals surface area contributed by atoms with E-state index in [9.17, 15) is 18.0 Å². The van der Waals surface area contributed by atoms with Crippen molar-refractivity contribution in [2.24, 2.45) is 5.73 Å². The Kier molecular flexibility index (Phi) is 3.96. The van der Waals surface area contributed by atoms with Gasteiger partial charge in [-0.2, -0.15) is 0 Å². The van der Waals surface area contributed by atoms with Gasteiger partial charge in [0.1, 0.15) is 11.4 Å². The number of alkyl halides is 3. The standard InChI is InChI=1S/C9H10F3N3O3/c1-17-8(16)6-4(2-13)5(3-15-7(6)14)18-9(10,11)12/h3H,2,13H2,1H3,(H2,14,15). The van der Waals surface area contributed by atoms with Crippen LogP contribution in [0.1, 0.15) is 15.9 Å². The summed E-state index contributed by atoms with van der Waals surface area (Å²) in [6.07, 6.45) is -4.17. The highest BCUT2D eigenvalue weighted by atomic mass is 19.4. The summed E-state index contributed by atoms with van der Waals surface area (Å²) >= 11 is 0. The molecule has 0 atom stereocenters. The van der Waals surface area contributed by atoms with E-state index in [4.69, 9.17) is 11.5 Å². The van der Waals surface area contributed by atoms with Crippen LogP contribution in [0.5, 0.6) is 5.75 Å². The second-order valence-corrected chi connectivity index (χ2v) is 3.10. The lowest BCUT2D eigenvalue weighted by Gasteiger charge is -2.15. The zero-order valence-corrected chi connectivity index (χ0v) is 9.25. The Hall–Kier alpha value is -2.03. The molecular weight excluding hydrogens is 255 g/mol. The highest BCUT2D eigenvalue weighted by molar-refractivity contribution is 5.96. The third kappa shape index (κ3) is 3.00. The van der Waals surface area contributed by atoms with Crippen molar-refractivity contribution in [3.05, 3.63) is 17.3 Å². The third-order valence-electron chi connectivity index (χ3n) is 2.00. The van der Waals surface area contributed by atoms with Crippen LogP contribution in [0.2, 0.25) is 0 Å². The summed E-state index contributed by atoms with van der Waals surface area (Å²) in [7, 11) is 1.05. The minimum atomic E-state index is -4.92. The van der Waals surface area contributed by atoms with Crippen molar-refractivity contribution >= 4 is 11.8 Å². The van der Waals surface area contributed by atoms with Crippen LogP contribution in [0.15, 0.2) is 6.20 Å². The quantitative estimate of drug-likeness (QED) is 0.784. The summed E-state index contributed by atoms with van der Waals surface area (Å²) in [4.78, 5) is 14.8. The van der Waals surface area contributed by atoms with Gasteiger partial charge in [0, 0.05) is 12.1 Å². The van der Waals surface area contributed by atoms with Gasteiger partial charge in [-0.05, 0) is 0 Å². The van der Waals surface area contributed by atoms with E-state index in [1.165, 1.54) is 0 Å². The Balaban J connectivity index is 3.34. The summed E-state index contributed by atoms with van der Waals surface area (Å²) < 4.78 is 44.5. The minimum absolute atomic E-state index is 0.216. The fourth-order valence-electron chi connectivity index (χ4n) is 1.29. The molecule has 0 fully saturated rings. The number of carbonyl (C=O) groups is 1. The van der Waals surface area contributed by atoms with E-state index in [-0.39, 0.29) is 23.5 Å². The molecule has 0 radical (unpaired) electrons. The van der Waals surface area contributed by atoms with Gasteiger partial charge in [0.25, 0.3) is 0 Å². The predicted molar refractivity (Wildman–Crippen MR) is 54.6 cm³/mol. The zero-order valence-electron chi connectivity index (χ0n) is 9.25. The van der Waals surface area contributed by atoms with Crippen LogP contribution in [-0.4, -0.2) is 24.4 Å². The van der Waals surface area contributed by atoms with Crippen molar-refractivity contribution < 1.29 is 27.4 Å². The minimum Gasteiger partial charge on any atom is -0.465 e. The van der Waals surface area contributed by atoms with Gasteiger partial charge in [-0.1, -0.05) is 0 Å². The van der Waals surface area contributed by atoms with Crippen LogP contribution < -0.4 is 16.2 Å². The fraction of sp³-hybridized carbons (Fsp3) is 0.333. The number of halogens is 3. The molecular formula is C9H10F3N3O3. The summed E-state index contributed by atoms with van der Waals surface area (Å²) in [6, 6.07) is 0. The van der Waals surface area contributed by atoms with Gasteiger partial charge in [-0.15, -0.1) is 13.2 Å². The van der Waals surface area contributed by atoms with E-state index in [1.807, 2.05) is 0 Å². The summed E-state index contributed by atoms with van der Waals surface area (Å²) in [5.74, 6) is -1.90. The monoisotopic (exact) mass is 265 g/mol. The Morgan fingerprint density at radius 2 is 2.11 bits per heavy atom. The number of anilines is 1. The van der Waals surface area contributed by atoms with Crippen LogP contribution in [0.3, 0.4) is 0 Å². The Bertz CT molecular complexity index is 462. The van der Waals surface area contributed by atoms with Gasteiger partial charge >= 0.3 is 12.3 Å². The molecule has 0 amide bonds. The second kappa shape index (κ2) is 5.08. The molecule has 0 aliphatic heterocycles. The summed E-state index contributed by atoms with van der Waals surface area (Å²) in [6.45, 7) is -0.386. The van der Waals surface area contributed by atoms with Crippen LogP contribution in [0.4, 0.5) is 19.0 Å². The first-order valence-electron chi connectivity index (χ1n) is 4.61. The summed E-state index contributed by atoms with van der Waals surface area (Å²) in [5.41, 5.74) is 10.1. The Morgan fingerprint density at radius 1 is 1.50 bits per heavy atom. The number of hydrogen-bond acceptors (Lipinski definition) is 6. The molecule has 18 heavy (non-hydrogen) atoms. The molecule has 100 valence electrons. The largest absolute Gasteiger partial charge is 0.573 e. The Morgan fingerprint density at radius 3 is 2.56 bits per heavy atom. The first kappa shape index (κ1) is 14.0. The number of methoxy groups -OCH3 is 1. The molecule has 4 N–H and O–H groups in total. The molecule has 0 saturated carbocycles. The number of nitrogen functional groups attached to an aromatic ring is 1. The summed E-state index contributed by atoms with van der Waals surface area (Å²) in [5, 5.41) is 0. The van der Waals surface area contributed by atoms with Crippen molar-refractivity contribution in [1.82, 2.24) is 4.98 Å². The lowest BCUT2D eigenvalue weighted by Crippen LogP contribution is -2.21. The molecule has 1 aromatic heterocycles. The van der Waals surface area contributed by atoms with E-state index in [1.54, 1.807) is 0 Å². The maximum atomic E-state index is 12.1. The van der Waals surface area contributed by atoms with Crippen molar-refractivity contribution in [2.75, 3.05) is 12.8 Å². The first-order chi connectivity index (χ1) is 8.30. The Labute approximate surface area is 99.7 Å². The highest BCUT2D eigenvalue weighted by Gasteiger charge is 2.33. The molecule has 1 rings (SSSR count). The van der Waals surface area contributed by atoms with E-state index in [0.717, 1.165) is 13.3 Å². The number of hydrogen-bond donors (Lipinski definition) is 2. The van der Waals surface area contributed by atoms with Crippen LogP contribution in [0, 0.1) is 0 Å². The molecule has 0 aliphatic rings. The number of carbonyl (C=O) groups excluding carboxylic acids is 1. The van der Waals surface area contributed by atoms with Gasteiger partial charge < -0.3 is 20.9 Å². The lowest BCUT2D eigenvalue weighted by molar-refractivity contribution is -0.275. The molecule has 0 saturated heterocycles. The number of pyridine rings is 1. The van der Waals surface area contributed by atoms with Gasteiger partial charge in [0.05, 0.1) is 13.3 Å². The van der Waals surface area contributed by atoms with Crippen molar-refractivity contribution in [3.63, 3.8) is 0 Å². The molecule has 0 bridgehead atoms. The molecule has 0 spiro atoms. The number of esters is 1. The van der Waals surface area contributed by atoms with Gasteiger partial charge in [0.15, 0.2) is 5.75 Å². The number of nitrogens with zero attached hydrogens (tertiary/aromatic N) is 1. The number of ether oxygens (including phenoxy) is 2. The SMILES string of the molecule is COC(=O)c1c(N)ncc(OC(F)(F)F)c1CN. The molecule has 6 nitrogen and oxygen atoms in total. The third-order valence-corrected chi connectivity index (χ3v) is 2.00. The normalized spacial score (nSPS) is 11.2.